The predicted molar refractivity (Wildman–Crippen MR) is 102 cm³/mol. The van der Waals surface area contributed by atoms with Crippen molar-refractivity contribution >= 4 is 36.4 Å². The summed E-state index contributed by atoms with van der Waals surface area (Å²) >= 11 is 6.20. The van der Waals surface area contributed by atoms with E-state index in [1.54, 1.807) is 7.11 Å². The first-order chi connectivity index (χ1) is 10.3. The van der Waals surface area contributed by atoms with Gasteiger partial charge < -0.3 is 10.1 Å². The van der Waals surface area contributed by atoms with Crippen LogP contribution in [0.4, 0.5) is 0 Å². The molecule has 1 aromatic rings. The molecule has 6 heteroatoms. The lowest BCUT2D eigenvalue weighted by Crippen LogP contribution is -2.46. The van der Waals surface area contributed by atoms with Crippen molar-refractivity contribution in [1.82, 2.24) is 10.2 Å². The molecule has 1 saturated carbocycles. The van der Waals surface area contributed by atoms with E-state index in [0.717, 1.165) is 37.8 Å². The first-order valence-electron chi connectivity index (χ1n) is 8.08. The highest BCUT2D eigenvalue weighted by atomic mass is 35.5. The molecule has 1 saturated heterocycles. The minimum absolute atomic E-state index is 0. The van der Waals surface area contributed by atoms with Gasteiger partial charge in [0.2, 0.25) is 0 Å². The lowest BCUT2D eigenvalue weighted by Gasteiger charge is -2.38. The summed E-state index contributed by atoms with van der Waals surface area (Å²) < 4.78 is 5.42. The molecule has 0 aromatic heterocycles. The minimum Gasteiger partial charge on any atom is -0.495 e. The molecule has 132 valence electrons. The Kier molecular flexibility index (Phi) is 9.02. The lowest BCUT2D eigenvalue weighted by molar-refractivity contribution is 0.125. The average molecular weight is 382 g/mol. The number of benzene rings is 1. The molecule has 2 fully saturated rings. The molecule has 0 radical (unpaired) electrons. The first kappa shape index (κ1) is 20.9. The zero-order chi connectivity index (χ0) is 14.7. The summed E-state index contributed by atoms with van der Waals surface area (Å²) in [6.07, 6.45) is 5.44. The van der Waals surface area contributed by atoms with Gasteiger partial charge in [0.15, 0.2) is 0 Å². The van der Waals surface area contributed by atoms with Crippen LogP contribution in [0, 0.1) is 5.92 Å². The zero-order valence-electron chi connectivity index (χ0n) is 13.6. The second-order valence-corrected chi connectivity index (χ2v) is 6.58. The summed E-state index contributed by atoms with van der Waals surface area (Å²) in [7, 11) is 1.69. The number of hydrogen-bond donors (Lipinski definition) is 1. The number of methoxy groups -OCH3 is 1. The monoisotopic (exact) mass is 380 g/mol. The molecule has 1 aromatic carbocycles. The van der Waals surface area contributed by atoms with Gasteiger partial charge in [0.25, 0.3) is 0 Å². The molecule has 0 bridgehead atoms. The van der Waals surface area contributed by atoms with E-state index in [1.165, 1.54) is 31.2 Å². The zero-order valence-corrected chi connectivity index (χ0v) is 16.0. The highest BCUT2D eigenvalue weighted by Gasteiger charge is 2.32. The lowest BCUT2D eigenvalue weighted by atomic mass is 9.89. The maximum Gasteiger partial charge on any atom is 0.137 e. The average Bonchev–Trinajstić information content (AvgIpc) is 3.04. The van der Waals surface area contributed by atoms with E-state index in [2.05, 4.69) is 22.3 Å². The quantitative estimate of drug-likeness (QED) is 0.840. The predicted octanol–water partition coefficient (Wildman–Crippen LogP) is 4.33. The molecular formula is C17H27Cl3N2O. The molecule has 1 atom stereocenters. The van der Waals surface area contributed by atoms with E-state index in [1.807, 2.05) is 6.07 Å². The van der Waals surface area contributed by atoms with Gasteiger partial charge in [0.05, 0.1) is 12.1 Å². The van der Waals surface area contributed by atoms with Crippen LogP contribution in [0.15, 0.2) is 18.2 Å². The summed E-state index contributed by atoms with van der Waals surface area (Å²) in [5.74, 6) is 1.57. The molecule has 2 aliphatic rings. The molecule has 3 nitrogen and oxygen atoms in total. The molecule has 1 heterocycles. The van der Waals surface area contributed by atoms with Crippen molar-refractivity contribution in [2.24, 2.45) is 5.92 Å². The molecule has 1 N–H and O–H groups in total. The van der Waals surface area contributed by atoms with Gasteiger partial charge in [-0.1, -0.05) is 30.5 Å². The van der Waals surface area contributed by atoms with Gasteiger partial charge in [-0.25, -0.2) is 0 Å². The molecule has 0 amide bonds. The molecule has 1 aliphatic carbocycles. The van der Waals surface area contributed by atoms with Crippen LogP contribution in [-0.2, 0) is 0 Å². The van der Waals surface area contributed by atoms with Crippen molar-refractivity contribution in [3.63, 3.8) is 0 Å². The van der Waals surface area contributed by atoms with Gasteiger partial charge in [-0.3, -0.25) is 4.90 Å². The number of nitrogens with zero attached hydrogens (tertiary/aromatic N) is 1. The maximum atomic E-state index is 6.20. The second-order valence-electron chi connectivity index (χ2n) is 6.17. The summed E-state index contributed by atoms with van der Waals surface area (Å²) in [5.41, 5.74) is 1.37. The van der Waals surface area contributed by atoms with Crippen molar-refractivity contribution in [3.05, 3.63) is 28.8 Å². The number of nitrogens with one attached hydrogen (secondary N) is 1. The number of piperazine rings is 1. The first-order valence-corrected chi connectivity index (χ1v) is 8.45. The number of hydrogen-bond acceptors (Lipinski definition) is 3. The van der Waals surface area contributed by atoms with Gasteiger partial charge in [-0.05, 0) is 36.5 Å². The molecule has 23 heavy (non-hydrogen) atoms. The summed E-state index contributed by atoms with van der Waals surface area (Å²) in [6.45, 7) is 4.44. The Bertz CT molecular complexity index is 475. The molecule has 0 unspecified atom stereocenters. The van der Waals surface area contributed by atoms with Gasteiger partial charge in [-0.2, -0.15) is 0 Å². The van der Waals surface area contributed by atoms with Gasteiger partial charge in [0.1, 0.15) is 5.75 Å². The fourth-order valence-corrected chi connectivity index (χ4v) is 4.07. The molecule has 3 rings (SSSR count). The van der Waals surface area contributed by atoms with E-state index < -0.39 is 0 Å². The summed E-state index contributed by atoms with van der Waals surface area (Å²) in [5, 5.41) is 4.16. The number of rotatable bonds is 4. The Morgan fingerprint density at radius 2 is 1.83 bits per heavy atom. The summed E-state index contributed by atoms with van der Waals surface area (Å²) in [6, 6.07) is 6.84. The highest BCUT2D eigenvalue weighted by molar-refractivity contribution is 6.32. The van der Waals surface area contributed by atoms with Crippen LogP contribution in [0.1, 0.15) is 37.3 Å². The van der Waals surface area contributed by atoms with Crippen LogP contribution in [0.5, 0.6) is 5.75 Å². The van der Waals surface area contributed by atoms with E-state index in [9.17, 15) is 0 Å². The molecule has 0 spiro atoms. The van der Waals surface area contributed by atoms with E-state index in [-0.39, 0.29) is 24.8 Å². The Morgan fingerprint density at radius 1 is 1.17 bits per heavy atom. The topological polar surface area (TPSA) is 24.5 Å². The summed E-state index contributed by atoms with van der Waals surface area (Å²) in [4.78, 5) is 2.65. The van der Waals surface area contributed by atoms with E-state index >= 15 is 0 Å². The largest absolute Gasteiger partial charge is 0.495 e. The second kappa shape index (κ2) is 9.95. The fraction of sp³-hybridized carbons (Fsp3) is 0.647. The third kappa shape index (κ3) is 4.90. The minimum atomic E-state index is 0. The van der Waals surface area contributed by atoms with Crippen molar-refractivity contribution in [1.29, 1.82) is 0 Å². The van der Waals surface area contributed by atoms with Crippen LogP contribution >= 0.6 is 36.4 Å². The van der Waals surface area contributed by atoms with Crippen molar-refractivity contribution in [2.75, 3.05) is 33.3 Å². The third-order valence-corrected chi connectivity index (χ3v) is 5.22. The Labute approximate surface area is 156 Å². The standard InChI is InChI=1S/C17H25ClN2O.2ClH/c1-21-16-12-14(6-7-15(16)18)17(13-4-2-3-5-13)20-10-8-19-9-11-20;;/h6-7,12-13,17,19H,2-5,8-11H2,1H3;2*1H/t17-;;/m1../s1. The van der Waals surface area contributed by atoms with Crippen molar-refractivity contribution < 1.29 is 4.74 Å². The Balaban J connectivity index is 0.00000132. The molecule has 1 aliphatic heterocycles. The number of halogens is 3. The third-order valence-electron chi connectivity index (χ3n) is 4.91. The van der Waals surface area contributed by atoms with Crippen LogP contribution < -0.4 is 10.1 Å². The van der Waals surface area contributed by atoms with E-state index in [4.69, 9.17) is 16.3 Å². The SMILES string of the molecule is COc1cc([C@@H](C2CCCC2)N2CCNCC2)ccc1Cl.Cl.Cl. The normalized spacial score (nSPS) is 20.4. The van der Waals surface area contributed by atoms with E-state index in [0.29, 0.717) is 11.1 Å². The highest BCUT2D eigenvalue weighted by Crippen LogP contribution is 2.41. The van der Waals surface area contributed by atoms with Crippen LogP contribution in [-0.4, -0.2) is 38.2 Å². The van der Waals surface area contributed by atoms with Crippen LogP contribution in [0.3, 0.4) is 0 Å². The smallest absolute Gasteiger partial charge is 0.137 e. The maximum absolute atomic E-state index is 6.20. The van der Waals surface area contributed by atoms with Gasteiger partial charge in [-0.15, -0.1) is 24.8 Å². The van der Waals surface area contributed by atoms with Gasteiger partial charge >= 0.3 is 0 Å². The Hall–Kier alpha value is -0.190. The van der Waals surface area contributed by atoms with Crippen LogP contribution in [0.25, 0.3) is 0 Å². The molecular weight excluding hydrogens is 355 g/mol. The van der Waals surface area contributed by atoms with Crippen LogP contribution in [0.2, 0.25) is 5.02 Å². The fourth-order valence-electron chi connectivity index (χ4n) is 3.87. The number of ether oxygens (including phenoxy) is 1. The van der Waals surface area contributed by atoms with Crippen molar-refractivity contribution in [3.8, 4) is 5.75 Å². The van der Waals surface area contributed by atoms with Crippen molar-refractivity contribution in [2.45, 2.75) is 31.7 Å². The van der Waals surface area contributed by atoms with Gasteiger partial charge in [0, 0.05) is 32.2 Å². The Morgan fingerprint density at radius 3 is 2.43 bits per heavy atom.